The second-order valence-electron chi connectivity index (χ2n) is 6.08. The Hall–Kier alpha value is -2.58. The molecule has 0 spiro atoms. The maximum Gasteiger partial charge on any atom is 0.262 e. The number of rotatable bonds is 5. The molecule has 2 amide bonds. The van der Waals surface area contributed by atoms with E-state index >= 15 is 0 Å². The van der Waals surface area contributed by atoms with Gasteiger partial charge in [0.2, 0.25) is 5.91 Å². The maximum atomic E-state index is 12.7. The number of ether oxygens (including phenoxy) is 1. The fraction of sp³-hybridized carbons (Fsp3) is 0.222. The number of hydrogen-bond donors (Lipinski definition) is 2. The number of halogens is 1. The third-order valence-corrected chi connectivity index (χ3v) is 6.04. The van der Waals surface area contributed by atoms with E-state index in [2.05, 4.69) is 10.6 Å². The zero-order valence-corrected chi connectivity index (χ0v) is 16.0. The van der Waals surface area contributed by atoms with Crippen LogP contribution in [0.1, 0.15) is 12.0 Å². The second kappa shape index (κ2) is 7.58. The van der Waals surface area contributed by atoms with Crippen molar-refractivity contribution >= 4 is 44.6 Å². The van der Waals surface area contributed by atoms with Gasteiger partial charge in [-0.25, -0.2) is 8.42 Å². The highest BCUT2D eigenvalue weighted by Gasteiger charge is 2.24. The van der Waals surface area contributed by atoms with Crippen LogP contribution in [0, 0.1) is 6.92 Å². The van der Waals surface area contributed by atoms with Gasteiger partial charge in [-0.05, 0) is 36.8 Å². The lowest BCUT2D eigenvalue weighted by molar-refractivity contribution is -0.118. The summed E-state index contributed by atoms with van der Waals surface area (Å²) in [7, 11) is -3.71. The van der Waals surface area contributed by atoms with Crippen LogP contribution in [0.4, 0.5) is 11.4 Å². The predicted molar refractivity (Wildman–Crippen MR) is 102 cm³/mol. The Bertz CT molecular complexity index is 1020. The van der Waals surface area contributed by atoms with Gasteiger partial charge in [-0.15, -0.1) is 0 Å². The number of nitrogens with one attached hydrogen (secondary N) is 2. The van der Waals surface area contributed by atoms with Gasteiger partial charge in [0, 0.05) is 23.2 Å². The van der Waals surface area contributed by atoms with Crippen LogP contribution < -0.4 is 15.4 Å². The van der Waals surface area contributed by atoms with Crippen molar-refractivity contribution < 1.29 is 22.7 Å². The van der Waals surface area contributed by atoms with Gasteiger partial charge in [-0.3, -0.25) is 9.59 Å². The van der Waals surface area contributed by atoms with Crippen LogP contribution in [0.15, 0.2) is 41.3 Å². The minimum Gasteiger partial charge on any atom is -0.482 e. The van der Waals surface area contributed by atoms with E-state index in [0.717, 1.165) is 0 Å². The molecule has 142 valence electrons. The van der Waals surface area contributed by atoms with Crippen molar-refractivity contribution in [1.29, 1.82) is 0 Å². The quantitative estimate of drug-likeness (QED) is 0.792. The summed E-state index contributed by atoms with van der Waals surface area (Å²) >= 11 is 5.86. The number of sulfone groups is 1. The van der Waals surface area contributed by atoms with E-state index in [4.69, 9.17) is 16.3 Å². The molecule has 1 heterocycles. The highest BCUT2D eigenvalue weighted by Crippen LogP contribution is 2.33. The number of aryl methyl sites for hydroxylation is 1. The van der Waals surface area contributed by atoms with Crippen LogP contribution in [0.5, 0.6) is 5.75 Å². The van der Waals surface area contributed by atoms with E-state index in [-0.39, 0.29) is 29.6 Å². The maximum absolute atomic E-state index is 12.7. The minimum atomic E-state index is -3.71. The summed E-state index contributed by atoms with van der Waals surface area (Å²) in [5, 5.41) is 5.71. The molecule has 2 aromatic carbocycles. The Kier molecular flexibility index (Phi) is 5.38. The van der Waals surface area contributed by atoms with Crippen molar-refractivity contribution in [2.24, 2.45) is 0 Å². The Labute approximate surface area is 161 Å². The highest BCUT2D eigenvalue weighted by molar-refractivity contribution is 7.91. The molecule has 0 aliphatic carbocycles. The smallest absolute Gasteiger partial charge is 0.262 e. The lowest BCUT2D eigenvalue weighted by Crippen LogP contribution is -2.26. The molecule has 1 aliphatic heterocycles. The summed E-state index contributed by atoms with van der Waals surface area (Å²) in [5.74, 6) is -0.789. The fourth-order valence-corrected chi connectivity index (χ4v) is 4.38. The standard InChI is InChI=1S/C18H17ClN2O5S/c1-11-7-14-15(26-10-18(23)21-14)9-16(11)27(24,25)6-5-17(22)20-13-4-2-3-12(19)8-13/h2-4,7-9H,5-6,10H2,1H3,(H,20,22)(H,21,23). The molecule has 7 nitrogen and oxygen atoms in total. The third-order valence-electron chi connectivity index (χ3n) is 3.95. The van der Waals surface area contributed by atoms with Crippen LogP contribution in [0.25, 0.3) is 0 Å². The van der Waals surface area contributed by atoms with Crippen molar-refractivity contribution in [3.63, 3.8) is 0 Å². The molecule has 27 heavy (non-hydrogen) atoms. The van der Waals surface area contributed by atoms with Gasteiger partial charge in [-0.1, -0.05) is 17.7 Å². The van der Waals surface area contributed by atoms with Gasteiger partial charge in [0.1, 0.15) is 5.75 Å². The summed E-state index contributed by atoms with van der Waals surface area (Å²) in [6.45, 7) is 1.46. The molecule has 0 bridgehead atoms. The summed E-state index contributed by atoms with van der Waals surface area (Å²) < 4.78 is 30.6. The van der Waals surface area contributed by atoms with Crippen molar-refractivity contribution in [3.05, 3.63) is 47.0 Å². The topological polar surface area (TPSA) is 102 Å². The van der Waals surface area contributed by atoms with E-state index in [0.29, 0.717) is 27.7 Å². The first kappa shape index (κ1) is 19.2. The van der Waals surface area contributed by atoms with Crippen molar-refractivity contribution in [1.82, 2.24) is 0 Å². The van der Waals surface area contributed by atoms with Crippen LogP contribution in [0.3, 0.4) is 0 Å². The van der Waals surface area contributed by atoms with E-state index in [1.165, 1.54) is 6.07 Å². The molecule has 9 heteroatoms. The first-order valence-corrected chi connectivity index (χ1v) is 10.1. The van der Waals surface area contributed by atoms with Crippen LogP contribution >= 0.6 is 11.6 Å². The van der Waals surface area contributed by atoms with Gasteiger partial charge in [0.05, 0.1) is 16.3 Å². The SMILES string of the molecule is Cc1cc2c(cc1S(=O)(=O)CCC(=O)Nc1cccc(Cl)c1)OCC(=O)N2. The molecule has 0 saturated heterocycles. The first-order valence-electron chi connectivity index (χ1n) is 8.10. The van der Waals surface area contributed by atoms with E-state index in [9.17, 15) is 18.0 Å². The molecule has 2 N–H and O–H groups in total. The summed E-state index contributed by atoms with van der Waals surface area (Å²) in [6, 6.07) is 9.53. The number of benzene rings is 2. The molecule has 0 aromatic heterocycles. The average molecular weight is 409 g/mol. The third kappa shape index (κ3) is 4.58. The molecule has 3 rings (SSSR count). The average Bonchev–Trinajstić information content (AvgIpc) is 2.59. The van der Waals surface area contributed by atoms with Crippen molar-refractivity contribution in [2.75, 3.05) is 23.0 Å². The molecular weight excluding hydrogens is 392 g/mol. The van der Waals surface area contributed by atoms with Crippen LogP contribution in [0.2, 0.25) is 5.02 Å². The number of carbonyl (C=O) groups excluding carboxylic acids is 2. The molecule has 0 radical (unpaired) electrons. The Morgan fingerprint density at radius 1 is 1.30 bits per heavy atom. The monoisotopic (exact) mass is 408 g/mol. The van der Waals surface area contributed by atoms with Crippen molar-refractivity contribution in [3.8, 4) is 5.75 Å². The molecule has 0 fully saturated rings. The van der Waals surface area contributed by atoms with E-state index in [1.54, 1.807) is 37.3 Å². The molecule has 2 aromatic rings. The van der Waals surface area contributed by atoms with Crippen molar-refractivity contribution in [2.45, 2.75) is 18.2 Å². The van der Waals surface area contributed by atoms with Crippen LogP contribution in [-0.2, 0) is 19.4 Å². The number of carbonyl (C=O) groups is 2. The first-order chi connectivity index (χ1) is 12.7. The van der Waals surface area contributed by atoms with E-state index < -0.39 is 15.7 Å². The van der Waals surface area contributed by atoms with Crippen LogP contribution in [-0.4, -0.2) is 32.6 Å². The molecule has 0 atom stereocenters. The van der Waals surface area contributed by atoms with Gasteiger partial charge < -0.3 is 15.4 Å². The Balaban J connectivity index is 1.71. The zero-order chi connectivity index (χ0) is 19.6. The number of anilines is 2. The predicted octanol–water partition coefficient (Wildman–Crippen LogP) is 2.78. The fourth-order valence-electron chi connectivity index (χ4n) is 2.68. The Morgan fingerprint density at radius 2 is 2.07 bits per heavy atom. The summed E-state index contributed by atoms with van der Waals surface area (Å²) in [5.41, 5.74) is 1.40. The number of hydrogen-bond acceptors (Lipinski definition) is 5. The Morgan fingerprint density at radius 3 is 2.81 bits per heavy atom. The molecule has 0 saturated carbocycles. The van der Waals surface area contributed by atoms with Gasteiger partial charge in [-0.2, -0.15) is 0 Å². The summed E-state index contributed by atoms with van der Waals surface area (Å²) in [6.07, 6.45) is -0.205. The van der Waals surface area contributed by atoms with Gasteiger partial charge in [0.25, 0.3) is 5.91 Å². The number of fused-ring (bicyclic) bond motifs is 1. The summed E-state index contributed by atoms with van der Waals surface area (Å²) in [4.78, 5) is 23.5. The molecular formula is C18H17ClN2O5S. The lowest BCUT2D eigenvalue weighted by Gasteiger charge is -2.20. The largest absolute Gasteiger partial charge is 0.482 e. The van der Waals surface area contributed by atoms with Gasteiger partial charge in [0.15, 0.2) is 16.4 Å². The normalized spacial score (nSPS) is 13.3. The minimum absolute atomic E-state index is 0.0768. The van der Waals surface area contributed by atoms with E-state index in [1.807, 2.05) is 0 Å². The molecule has 1 aliphatic rings. The molecule has 0 unspecified atom stereocenters. The van der Waals surface area contributed by atoms with Gasteiger partial charge >= 0.3 is 0 Å². The lowest BCUT2D eigenvalue weighted by atomic mass is 10.2. The zero-order valence-electron chi connectivity index (χ0n) is 14.4. The number of amides is 2. The highest BCUT2D eigenvalue weighted by atomic mass is 35.5. The second-order valence-corrected chi connectivity index (χ2v) is 8.59.